The number of unbranched alkanes of at least 4 members (excludes halogenated alkanes) is 8. The molecule has 6 heteroatoms. The first-order valence-corrected chi connectivity index (χ1v) is 12.1. The standard InChI is InChI=1S/C21H38N2O3Si/c1-24-27(25-2,26-3)19-15-10-8-6-4-5-7-9-14-18-22-23-20-21-16-12-11-13-17-21/h11-13,16-18,23H,4-10,14-15,19-20H2,1-3H3. The first-order chi connectivity index (χ1) is 13.3. The van der Waals surface area contributed by atoms with E-state index in [0.29, 0.717) is 0 Å². The lowest BCUT2D eigenvalue weighted by Gasteiger charge is -2.24. The highest BCUT2D eigenvalue weighted by atomic mass is 28.4. The van der Waals surface area contributed by atoms with Crippen molar-refractivity contribution in [2.24, 2.45) is 5.10 Å². The smallest absolute Gasteiger partial charge is 0.377 e. The second-order valence-electron chi connectivity index (χ2n) is 6.79. The van der Waals surface area contributed by atoms with E-state index in [1.165, 1.54) is 50.5 Å². The fourth-order valence-electron chi connectivity index (χ4n) is 3.06. The molecule has 0 saturated carbocycles. The quantitative estimate of drug-likeness (QED) is 0.172. The second-order valence-corrected chi connectivity index (χ2v) is 9.89. The minimum Gasteiger partial charge on any atom is -0.377 e. The molecule has 0 fully saturated rings. The molecule has 0 amide bonds. The normalized spacial score (nSPS) is 12.0. The largest absolute Gasteiger partial charge is 0.500 e. The summed E-state index contributed by atoms with van der Waals surface area (Å²) in [5.74, 6) is 0. The molecule has 27 heavy (non-hydrogen) atoms. The summed E-state index contributed by atoms with van der Waals surface area (Å²) < 4.78 is 16.3. The van der Waals surface area contributed by atoms with Crippen LogP contribution in [0.15, 0.2) is 35.4 Å². The van der Waals surface area contributed by atoms with Gasteiger partial charge < -0.3 is 18.7 Å². The molecule has 0 aliphatic rings. The maximum Gasteiger partial charge on any atom is 0.500 e. The van der Waals surface area contributed by atoms with Gasteiger partial charge in [0.1, 0.15) is 0 Å². The zero-order valence-electron chi connectivity index (χ0n) is 17.4. The van der Waals surface area contributed by atoms with Crippen LogP contribution in [0.25, 0.3) is 0 Å². The van der Waals surface area contributed by atoms with Crippen LogP contribution in [0.4, 0.5) is 0 Å². The van der Waals surface area contributed by atoms with Crippen molar-refractivity contribution in [2.45, 2.75) is 70.4 Å². The van der Waals surface area contributed by atoms with Crippen molar-refractivity contribution < 1.29 is 13.3 Å². The number of benzene rings is 1. The van der Waals surface area contributed by atoms with Gasteiger partial charge in [-0.3, -0.25) is 0 Å². The molecule has 1 rings (SSSR count). The number of nitrogens with zero attached hydrogens (tertiary/aromatic N) is 1. The summed E-state index contributed by atoms with van der Waals surface area (Å²) >= 11 is 0. The number of hydrazone groups is 1. The molecule has 0 aliphatic carbocycles. The molecule has 0 aliphatic heterocycles. The fourth-order valence-corrected chi connectivity index (χ4v) is 4.85. The van der Waals surface area contributed by atoms with E-state index in [4.69, 9.17) is 13.3 Å². The van der Waals surface area contributed by atoms with Crippen LogP contribution in [-0.4, -0.2) is 36.3 Å². The summed E-state index contributed by atoms with van der Waals surface area (Å²) in [6.07, 6.45) is 13.2. The predicted molar refractivity (Wildman–Crippen MR) is 115 cm³/mol. The zero-order valence-corrected chi connectivity index (χ0v) is 18.4. The topological polar surface area (TPSA) is 52.1 Å². The van der Waals surface area contributed by atoms with Gasteiger partial charge in [-0.25, -0.2) is 0 Å². The predicted octanol–water partition coefficient (Wildman–Crippen LogP) is 5.15. The van der Waals surface area contributed by atoms with Crippen molar-refractivity contribution in [3.63, 3.8) is 0 Å². The summed E-state index contributed by atoms with van der Waals surface area (Å²) in [6.45, 7) is 0.792. The summed E-state index contributed by atoms with van der Waals surface area (Å²) in [7, 11) is 2.70. The number of hydrogen-bond acceptors (Lipinski definition) is 5. The Balaban J connectivity index is 1.87. The molecule has 0 heterocycles. The second kappa shape index (κ2) is 15.8. The van der Waals surface area contributed by atoms with Gasteiger partial charge in [0.05, 0.1) is 6.54 Å². The third-order valence-electron chi connectivity index (χ3n) is 4.81. The van der Waals surface area contributed by atoms with Crippen molar-refractivity contribution >= 4 is 15.0 Å². The van der Waals surface area contributed by atoms with Gasteiger partial charge in [0.25, 0.3) is 0 Å². The fraction of sp³-hybridized carbons (Fsp3) is 0.667. The van der Waals surface area contributed by atoms with E-state index in [-0.39, 0.29) is 0 Å². The van der Waals surface area contributed by atoms with Gasteiger partial charge in [0, 0.05) is 33.6 Å². The first kappa shape index (κ1) is 23.8. The van der Waals surface area contributed by atoms with Gasteiger partial charge in [-0.2, -0.15) is 5.10 Å². The van der Waals surface area contributed by atoms with Crippen molar-refractivity contribution in [3.05, 3.63) is 35.9 Å². The van der Waals surface area contributed by atoms with Gasteiger partial charge >= 0.3 is 8.80 Å². The van der Waals surface area contributed by atoms with Crippen LogP contribution in [0.3, 0.4) is 0 Å². The molecule has 1 aromatic carbocycles. The molecule has 0 bridgehead atoms. The molecule has 1 aromatic rings. The van der Waals surface area contributed by atoms with E-state index in [1.807, 2.05) is 12.3 Å². The van der Waals surface area contributed by atoms with Crippen molar-refractivity contribution in [1.82, 2.24) is 5.43 Å². The van der Waals surface area contributed by atoms with Crippen molar-refractivity contribution in [3.8, 4) is 0 Å². The number of hydrogen-bond donors (Lipinski definition) is 1. The maximum absolute atomic E-state index is 5.45. The number of rotatable bonds is 17. The Bertz CT molecular complexity index is 473. The highest BCUT2D eigenvalue weighted by Crippen LogP contribution is 2.18. The summed E-state index contributed by atoms with van der Waals surface area (Å²) in [6, 6.07) is 11.3. The molecular formula is C21H38N2O3Si. The average Bonchev–Trinajstić information content (AvgIpc) is 2.72. The Hall–Kier alpha value is -1.21. The lowest BCUT2D eigenvalue weighted by Crippen LogP contribution is -2.42. The molecular weight excluding hydrogens is 356 g/mol. The molecule has 0 atom stereocenters. The lowest BCUT2D eigenvalue weighted by atomic mass is 10.1. The highest BCUT2D eigenvalue weighted by molar-refractivity contribution is 6.60. The zero-order chi connectivity index (χ0) is 19.6. The van der Waals surface area contributed by atoms with Crippen LogP contribution in [0, 0.1) is 0 Å². The number of nitrogens with one attached hydrogen (secondary N) is 1. The van der Waals surface area contributed by atoms with Crippen molar-refractivity contribution in [2.75, 3.05) is 21.3 Å². The van der Waals surface area contributed by atoms with Crippen molar-refractivity contribution in [1.29, 1.82) is 0 Å². The Kier molecular flexibility index (Phi) is 13.9. The van der Waals surface area contributed by atoms with E-state index >= 15 is 0 Å². The Labute approximate surface area is 166 Å². The summed E-state index contributed by atoms with van der Waals surface area (Å²) in [4.78, 5) is 0. The molecule has 5 nitrogen and oxygen atoms in total. The van der Waals surface area contributed by atoms with Crippen LogP contribution in [0.2, 0.25) is 6.04 Å². The highest BCUT2D eigenvalue weighted by Gasteiger charge is 2.36. The van der Waals surface area contributed by atoms with Crippen LogP contribution in [0.1, 0.15) is 63.4 Å². The SMILES string of the molecule is CO[Si](CCCCCCCCCCC=NNCc1ccccc1)(OC)OC. The average molecular weight is 395 g/mol. The van der Waals surface area contributed by atoms with Gasteiger partial charge in [-0.05, 0) is 24.8 Å². The lowest BCUT2D eigenvalue weighted by molar-refractivity contribution is 0.122. The van der Waals surface area contributed by atoms with E-state index in [2.05, 4.69) is 34.8 Å². The molecule has 154 valence electrons. The monoisotopic (exact) mass is 394 g/mol. The minimum atomic E-state index is -2.35. The van der Waals surface area contributed by atoms with E-state index < -0.39 is 8.80 Å². The molecule has 0 spiro atoms. The van der Waals surface area contributed by atoms with Crippen LogP contribution < -0.4 is 5.43 Å². The van der Waals surface area contributed by atoms with Crippen LogP contribution >= 0.6 is 0 Å². The summed E-state index contributed by atoms with van der Waals surface area (Å²) in [5.41, 5.74) is 4.36. The van der Waals surface area contributed by atoms with Crippen LogP contribution in [-0.2, 0) is 19.8 Å². The van der Waals surface area contributed by atoms with Gasteiger partial charge in [-0.15, -0.1) is 0 Å². The minimum absolute atomic E-state index is 0.792. The van der Waals surface area contributed by atoms with Gasteiger partial charge in [0.15, 0.2) is 0 Å². The Morgan fingerprint density at radius 1 is 0.815 bits per heavy atom. The van der Waals surface area contributed by atoms with Crippen LogP contribution in [0.5, 0.6) is 0 Å². The Morgan fingerprint density at radius 2 is 1.37 bits per heavy atom. The third-order valence-corrected chi connectivity index (χ3v) is 7.64. The first-order valence-electron chi connectivity index (χ1n) is 10.2. The van der Waals surface area contributed by atoms with E-state index in [1.54, 1.807) is 21.3 Å². The molecule has 0 radical (unpaired) electrons. The molecule has 0 unspecified atom stereocenters. The third kappa shape index (κ3) is 11.3. The van der Waals surface area contributed by atoms with Gasteiger partial charge in [-0.1, -0.05) is 68.9 Å². The summed E-state index contributed by atoms with van der Waals surface area (Å²) in [5, 5.41) is 4.27. The van der Waals surface area contributed by atoms with E-state index in [0.717, 1.165) is 25.4 Å². The molecule has 0 aromatic heterocycles. The maximum atomic E-state index is 5.45. The molecule has 0 saturated heterocycles. The van der Waals surface area contributed by atoms with Gasteiger partial charge in [0.2, 0.25) is 0 Å². The Morgan fingerprint density at radius 3 is 1.96 bits per heavy atom. The molecule has 1 N–H and O–H groups in total. The van der Waals surface area contributed by atoms with E-state index in [9.17, 15) is 0 Å².